The van der Waals surface area contributed by atoms with Crippen LogP contribution in [-0.4, -0.2) is 12.5 Å². The molecule has 4 heteroatoms. The Labute approximate surface area is 117 Å². The molecule has 0 aromatic heterocycles. The van der Waals surface area contributed by atoms with E-state index >= 15 is 0 Å². The van der Waals surface area contributed by atoms with Gasteiger partial charge in [0.15, 0.2) is 0 Å². The third-order valence-corrected chi connectivity index (χ3v) is 3.14. The Bertz CT molecular complexity index is 640. The van der Waals surface area contributed by atoms with Gasteiger partial charge in [-0.2, -0.15) is 0 Å². The van der Waals surface area contributed by atoms with Crippen LogP contribution >= 0.6 is 0 Å². The van der Waals surface area contributed by atoms with Gasteiger partial charge in [-0.25, -0.2) is 4.39 Å². The Hall–Kier alpha value is -2.36. The number of carbonyl (C=O) groups excluding carboxylic acids is 1. The molecule has 1 amide bonds. The number of nitrogens with two attached hydrogens (primary N) is 1. The van der Waals surface area contributed by atoms with Crippen molar-refractivity contribution in [2.24, 2.45) is 0 Å². The van der Waals surface area contributed by atoms with E-state index in [2.05, 4.69) is 0 Å². The van der Waals surface area contributed by atoms with E-state index in [0.29, 0.717) is 17.8 Å². The maximum Gasteiger partial charge on any atom is 0.260 e. The highest BCUT2D eigenvalue weighted by molar-refractivity contribution is 6.09. The smallest absolute Gasteiger partial charge is 0.260 e. The zero-order chi connectivity index (χ0) is 14.7. The second-order valence-corrected chi connectivity index (χ2v) is 4.59. The number of nitrogen functional groups attached to an aromatic ring is 1. The summed E-state index contributed by atoms with van der Waals surface area (Å²) < 4.78 is 13.9. The summed E-state index contributed by atoms with van der Waals surface area (Å²) in [5.74, 6) is -0.715. The normalized spacial score (nSPS) is 10.3. The molecule has 3 nitrogen and oxygen atoms in total. The molecule has 2 aromatic carbocycles. The van der Waals surface area contributed by atoms with E-state index in [9.17, 15) is 9.18 Å². The first kappa shape index (κ1) is 14.1. The second kappa shape index (κ2) is 5.74. The number of aryl methyl sites for hydroxylation is 1. The molecule has 0 heterocycles. The van der Waals surface area contributed by atoms with E-state index in [0.717, 1.165) is 5.56 Å². The number of amides is 1. The quantitative estimate of drug-likeness (QED) is 0.871. The van der Waals surface area contributed by atoms with Crippen LogP contribution in [0.2, 0.25) is 0 Å². The molecule has 0 unspecified atom stereocenters. The summed E-state index contributed by atoms with van der Waals surface area (Å²) in [4.78, 5) is 14.0. The van der Waals surface area contributed by atoms with Crippen LogP contribution in [0.5, 0.6) is 0 Å². The Morgan fingerprint density at radius 3 is 2.60 bits per heavy atom. The summed E-state index contributed by atoms with van der Waals surface area (Å²) in [6.45, 7) is 4.05. The van der Waals surface area contributed by atoms with Crippen LogP contribution in [0.4, 0.5) is 15.8 Å². The number of halogens is 1. The standard InChI is InChI=1S/C16H17FN2O/c1-3-19(15-7-5-4-6-13(15)17)16(20)12-10-11(2)8-9-14(12)18/h4-10H,3,18H2,1-2H3. The molecule has 2 aromatic rings. The van der Waals surface area contributed by atoms with Gasteiger partial charge in [-0.1, -0.05) is 23.8 Å². The lowest BCUT2D eigenvalue weighted by Crippen LogP contribution is -2.32. The third-order valence-electron chi connectivity index (χ3n) is 3.14. The topological polar surface area (TPSA) is 46.3 Å². The Balaban J connectivity index is 2.45. The summed E-state index contributed by atoms with van der Waals surface area (Å²) in [5.41, 5.74) is 7.86. The fraction of sp³-hybridized carbons (Fsp3) is 0.188. The van der Waals surface area contributed by atoms with Crippen LogP contribution in [0, 0.1) is 12.7 Å². The molecule has 2 rings (SSSR count). The number of hydrogen-bond donors (Lipinski definition) is 1. The minimum Gasteiger partial charge on any atom is -0.398 e. The van der Waals surface area contributed by atoms with Crippen LogP contribution in [-0.2, 0) is 0 Å². The number of benzene rings is 2. The SMILES string of the molecule is CCN(C(=O)c1cc(C)ccc1N)c1ccccc1F. The summed E-state index contributed by atoms with van der Waals surface area (Å²) in [6.07, 6.45) is 0. The van der Waals surface area contributed by atoms with Gasteiger partial charge in [-0.05, 0) is 38.1 Å². The van der Waals surface area contributed by atoms with Crippen LogP contribution in [0.1, 0.15) is 22.8 Å². The van der Waals surface area contributed by atoms with E-state index in [4.69, 9.17) is 5.73 Å². The maximum atomic E-state index is 13.9. The molecule has 0 aliphatic rings. The molecule has 0 atom stereocenters. The van der Waals surface area contributed by atoms with Crippen LogP contribution < -0.4 is 10.6 Å². The largest absolute Gasteiger partial charge is 0.398 e. The molecular weight excluding hydrogens is 255 g/mol. The van der Waals surface area contributed by atoms with Crippen LogP contribution in [0.15, 0.2) is 42.5 Å². The molecule has 0 spiro atoms. The molecule has 0 aliphatic heterocycles. The van der Waals surface area contributed by atoms with Crippen LogP contribution in [0.3, 0.4) is 0 Å². The lowest BCUT2D eigenvalue weighted by molar-refractivity contribution is 0.0988. The molecule has 0 saturated carbocycles. The van der Waals surface area contributed by atoms with Crippen molar-refractivity contribution in [2.45, 2.75) is 13.8 Å². The first-order valence-corrected chi connectivity index (χ1v) is 6.47. The van der Waals surface area contributed by atoms with Gasteiger partial charge in [-0.3, -0.25) is 4.79 Å². The molecule has 0 aliphatic carbocycles. The first-order chi connectivity index (χ1) is 9.54. The monoisotopic (exact) mass is 272 g/mol. The average Bonchev–Trinajstić information content (AvgIpc) is 2.44. The van der Waals surface area contributed by atoms with E-state index in [1.54, 1.807) is 37.3 Å². The van der Waals surface area contributed by atoms with E-state index in [1.807, 2.05) is 13.0 Å². The predicted molar refractivity (Wildman–Crippen MR) is 79.3 cm³/mol. The summed E-state index contributed by atoms with van der Waals surface area (Å²) in [6, 6.07) is 11.5. The van der Waals surface area contributed by atoms with E-state index in [1.165, 1.54) is 11.0 Å². The third kappa shape index (κ3) is 2.64. The van der Waals surface area contributed by atoms with Crippen molar-refractivity contribution in [3.05, 3.63) is 59.4 Å². The van der Waals surface area contributed by atoms with Crippen LogP contribution in [0.25, 0.3) is 0 Å². The number of rotatable bonds is 3. The highest BCUT2D eigenvalue weighted by Crippen LogP contribution is 2.23. The number of para-hydroxylation sites is 1. The van der Waals surface area contributed by atoms with Crippen molar-refractivity contribution in [3.8, 4) is 0 Å². The highest BCUT2D eigenvalue weighted by Gasteiger charge is 2.20. The zero-order valence-corrected chi connectivity index (χ0v) is 11.6. The zero-order valence-electron chi connectivity index (χ0n) is 11.6. The Morgan fingerprint density at radius 2 is 1.95 bits per heavy atom. The van der Waals surface area contributed by atoms with Crippen molar-refractivity contribution in [1.29, 1.82) is 0 Å². The number of hydrogen-bond acceptors (Lipinski definition) is 2. The molecule has 0 radical (unpaired) electrons. The van der Waals surface area contributed by atoms with Gasteiger partial charge in [0, 0.05) is 12.2 Å². The second-order valence-electron chi connectivity index (χ2n) is 4.59. The fourth-order valence-electron chi connectivity index (χ4n) is 2.09. The lowest BCUT2D eigenvalue weighted by Gasteiger charge is -2.22. The molecule has 2 N–H and O–H groups in total. The number of carbonyl (C=O) groups is 1. The van der Waals surface area contributed by atoms with Gasteiger partial charge in [0.05, 0.1) is 11.3 Å². The maximum absolute atomic E-state index is 13.9. The minimum atomic E-state index is -0.422. The van der Waals surface area contributed by atoms with Gasteiger partial charge in [0.25, 0.3) is 5.91 Å². The van der Waals surface area contributed by atoms with Crippen molar-refractivity contribution in [3.63, 3.8) is 0 Å². The van der Waals surface area contributed by atoms with Crippen molar-refractivity contribution in [1.82, 2.24) is 0 Å². The molecule has 104 valence electrons. The van der Waals surface area contributed by atoms with Gasteiger partial charge >= 0.3 is 0 Å². The fourth-order valence-corrected chi connectivity index (χ4v) is 2.09. The first-order valence-electron chi connectivity index (χ1n) is 6.47. The molecule has 0 bridgehead atoms. The van der Waals surface area contributed by atoms with Crippen molar-refractivity contribution < 1.29 is 9.18 Å². The van der Waals surface area contributed by atoms with Gasteiger partial charge in [0.2, 0.25) is 0 Å². The molecule has 0 saturated heterocycles. The summed E-state index contributed by atoms with van der Waals surface area (Å²) >= 11 is 0. The minimum absolute atomic E-state index is 0.265. The molecule has 20 heavy (non-hydrogen) atoms. The van der Waals surface area contributed by atoms with E-state index < -0.39 is 5.82 Å². The van der Waals surface area contributed by atoms with Gasteiger partial charge < -0.3 is 10.6 Å². The van der Waals surface area contributed by atoms with E-state index in [-0.39, 0.29) is 11.6 Å². The molecular formula is C16H17FN2O. The average molecular weight is 272 g/mol. The predicted octanol–water partition coefficient (Wildman–Crippen LogP) is 3.38. The number of anilines is 2. The summed E-state index contributed by atoms with van der Waals surface area (Å²) in [5, 5.41) is 0. The van der Waals surface area contributed by atoms with Crippen molar-refractivity contribution >= 4 is 17.3 Å². The Kier molecular flexibility index (Phi) is 4.03. The van der Waals surface area contributed by atoms with Crippen molar-refractivity contribution in [2.75, 3.05) is 17.2 Å². The Morgan fingerprint density at radius 1 is 1.25 bits per heavy atom. The lowest BCUT2D eigenvalue weighted by atomic mass is 10.1. The van der Waals surface area contributed by atoms with Gasteiger partial charge in [-0.15, -0.1) is 0 Å². The number of nitrogens with zero attached hydrogens (tertiary/aromatic N) is 1. The summed E-state index contributed by atoms with van der Waals surface area (Å²) in [7, 11) is 0. The van der Waals surface area contributed by atoms with Gasteiger partial charge in [0.1, 0.15) is 5.82 Å². The highest BCUT2D eigenvalue weighted by atomic mass is 19.1. The molecule has 0 fully saturated rings.